The number of anilines is 2. The van der Waals surface area contributed by atoms with Crippen molar-refractivity contribution < 1.29 is 19.1 Å². The summed E-state index contributed by atoms with van der Waals surface area (Å²) in [5.74, 6) is 0.663. The van der Waals surface area contributed by atoms with Crippen molar-refractivity contribution in [2.24, 2.45) is 11.8 Å². The van der Waals surface area contributed by atoms with E-state index in [2.05, 4.69) is 16.0 Å². The summed E-state index contributed by atoms with van der Waals surface area (Å²) in [6, 6.07) is 14.3. The van der Waals surface area contributed by atoms with E-state index in [4.69, 9.17) is 4.74 Å². The Labute approximate surface area is 181 Å². The van der Waals surface area contributed by atoms with Gasteiger partial charge in [-0.2, -0.15) is 0 Å². The van der Waals surface area contributed by atoms with Crippen LogP contribution in [-0.2, 0) is 14.4 Å². The molecule has 0 radical (unpaired) electrons. The molecule has 0 aromatic heterocycles. The first-order chi connectivity index (χ1) is 15.0. The fraction of sp³-hybridized carbons (Fsp3) is 0.375. The second kappa shape index (κ2) is 9.20. The number of nitrogens with one attached hydrogen (secondary N) is 3. The van der Waals surface area contributed by atoms with Crippen molar-refractivity contribution in [3.8, 4) is 5.75 Å². The molecule has 3 amide bonds. The minimum Gasteiger partial charge on any atom is -0.484 e. The number of carbonyl (C=O) groups excluding carboxylic acids is 3. The van der Waals surface area contributed by atoms with Gasteiger partial charge in [-0.05, 0) is 62.4 Å². The van der Waals surface area contributed by atoms with Crippen LogP contribution in [0.2, 0.25) is 0 Å². The Kier molecular flexibility index (Phi) is 6.21. The molecule has 0 aliphatic heterocycles. The lowest BCUT2D eigenvalue weighted by molar-refractivity contribution is -0.123. The quantitative estimate of drug-likeness (QED) is 0.576. The van der Waals surface area contributed by atoms with Gasteiger partial charge >= 0.3 is 0 Å². The van der Waals surface area contributed by atoms with Crippen molar-refractivity contribution in [2.45, 2.75) is 38.6 Å². The molecule has 0 saturated heterocycles. The molecular formula is C24H27N3O4. The summed E-state index contributed by atoms with van der Waals surface area (Å²) in [6.45, 7) is 1.77. The molecule has 4 rings (SSSR count). The molecule has 7 heteroatoms. The minimum absolute atomic E-state index is 0.0295. The van der Waals surface area contributed by atoms with E-state index in [9.17, 15) is 14.4 Å². The van der Waals surface area contributed by atoms with Crippen molar-refractivity contribution in [1.29, 1.82) is 0 Å². The van der Waals surface area contributed by atoms with Crippen molar-refractivity contribution in [3.63, 3.8) is 0 Å². The number of amides is 3. The van der Waals surface area contributed by atoms with E-state index in [1.165, 1.54) is 0 Å². The second-order valence-corrected chi connectivity index (χ2v) is 8.25. The van der Waals surface area contributed by atoms with Gasteiger partial charge in [-0.15, -0.1) is 0 Å². The fourth-order valence-corrected chi connectivity index (χ4v) is 3.21. The van der Waals surface area contributed by atoms with Crippen molar-refractivity contribution in [1.82, 2.24) is 5.32 Å². The smallest absolute Gasteiger partial charge is 0.258 e. The summed E-state index contributed by atoms with van der Waals surface area (Å²) in [6.07, 6.45) is 3.82. The number of ether oxygens (including phenoxy) is 1. The summed E-state index contributed by atoms with van der Waals surface area (Å²) in [7, 11) is 0. The van der Waals surface area contributed by atoms with Crippen LogP contribution < -0.4 is 20.7 Å². The predicted molar refractivity (Wildman–Crippen MR) is 118 cm³/mol. The molecule has 1 atom stereocenters. The Morgan fingerprint density at radius 2 is 1.52 bits per heavy atom. The minimum atomic E-state index is -0.244. The molecule has 2 saturated carbocycles. The van der Waals surface area contributed by atoms with E-state index in [1.807, 2.05) is 31.2 Å². The maximum absolute atomic E-state index is 12.3. The van der Waals surface area contributed by atoms with Crippen molar-refractivity contribution >= 4 is 29.1 Å². The molecule has 162 valence electrons. The predicted octanol–water partition coefficient (Wildman–Crippen LogP) is 3.64. The van der Waals surface area contributed by atoms with E-state index in [0.29, 0.717) is 11.4 Å². The van der Waals surface area contributed by atoms with Crippen molar-refractivity contribution in [3.05, 3.63) is 54.1 Å². The lowest BCUT2D eigenvalue weighted by Gasteiger charge is -2.16. The zero-order chi connectivity index (χ0) is 21.8. The molecule has 0 bridgehead atoms. The number of hydrogen-bond donors (Lipinski definition) is 3. The molecule has 31 heavy (non-hydrogen) atoms. The van der Waals surface area contributed by atoms with Gasteiger partial charge in [0.25, 0.3) is 5.91 Å². The highest BCUT2D eigenvalue weighted by atomic mass is 16.5. The summed E-state index contributed by atoms with van der Waals surface area (Å²) in [5, 5.41) is 8.67. The Bertz CT molecular complexity index is 965. The Balaban J connectivity index is 1.23. The molecule has 0 spiro atoms. The molecule has 2 fully saturated rings. The molecule has 2 aliphatic rings. The Morgan fingerprint density at radius 3 is 2.13 bits per heavy atom. The third-order valence-corrected chi connectivity index (χ3v) is 5.42. The van der Waals surface area contributed by atoms with Gasteiger partial charge < -0.3 is 20.7 Å². The van der Waals surface area contributed by atoms with Crippen LogP contribution in [0.15, 0.2) is 48.5 Å². The highest BCUT2D eigenvalue weighted by Gasteiger charge is 2.30. The van der Waals surface area contributed by atoms with Crippen LogP contribution in [-0.4, -0.2) is 24.3 Å². The van der Waals surface area contributed by atoms with Crippen LogP contribution in [0.1, 0.15) is 44.2 Å². The first-order valence-electron chi connectivity index (χ1n) is 10.7. The summed E-state index contributed by atoms with van der Waals surface area (Å²) < 4.78 is 5.58. The lowest BCUT2D eigenvalue weighted by atomic mass is 10.1. The zero-order valence-electron chi connectivity index (χ0n) is 17.5. The van der Waals surface area contributed by atoms with Gasteiger partial charge in [0.2, 0.25) is 11.8 Å². The van der Waals surface area contributed by atoms with Gasteiger partial charge in [0.1, 0.15) is 5.75 Å². The monoisotopic (exact) mass is 421 g/mol. The van der Waals surface area contributed by atoms with Crippen LogP contribution in [0.4, 0.5) is 11.4 Å². The maximum atomic E-state index is 12.3. The number of hydrogen-bond acceptors (Lipinski definition) is 4. The molecular weight excluding hydrogens is 394 g/mol. The van der Waals surface area contributed by atoms with Crippen LogP contribution in [0, 0.1) is 11.8 Å². The largest absolute Gasteiger partial charge is 0.484 e. The first kappa shape index (κ1) is 20.9. The summed E-state index contributed by atoms with van der Waals surface area (Å²) in [5.41, 5.74) is 2.36. The molecule has 2 aliphatic carbocycles. The third kappa shape index (κ3) is 6.07. The van der Waals surface area contributed by atoms with Crippen LogP contribution in [0.3, 0.4) is 0 Å². The molecule has 2 aromatic carbocycles. The molecule has 1 unspecified atom stereocenters. The maximum Gasteiger partial charge on any atom is 0.258 e. The highest BCUT2D eigenvalue weighted by Crippen LogP contribution is 2.31. The van der Waals surface area contributed by atoms with Gasteiger partial charge in [-0.25, -0.2) is 0 Å². The average Bonchev–Trinajstić information content (AvgIpc) is 3.65. The Morgan fingerprint density at radius 1 is 0.903 bits per heavy atom. The van der Waals surface area contributed by atoms with Gasteiger partial charge in [0.15, 0.2) is 6.61 Å². The van der Waals surface area contributed by atoms with Gasteiger partial charge in [0, 0.05) is 29.3 Å². The topological polar surface area (TPSA) is 96.5 Å². The summed E-state index contributed by atoms with van der Waals surface area (Å²) >= 11 is 0. The third-order valence-electron chi connectivity index (χ3n) is 5.42. The number of carbonyl (C=O) groups is 3. The normalized spacial score (nSPS) is 16.2. The number of benzene rings is 2. The molecule has 2 aromatic rings. The van der Waals surface area contributed by atoms with Crippen LogP contribution in [0.5, 0.6) is 5.75 Å². The van der Waals surface area contributed by atoms with Gasteiger partial charge in [-0.3, -0.25) is 14.4 Å². The SMILES string of the molecule is CC(NC(=O)COc1cccc(NC(=O)C2CC2)c1)c1ccc(NC(=O)C2CC2)cc1. The lowest BCUT2D eigenvalue weighted by Crippen LogP contribution is -2.31. The van der Waals surface area contributed by atoms with E-state index >= 15 is 0 Å². The van der Waals surface area contributed by atoms with Gasteiger partial charge in [-0.1, -0.05) is 18.2 Å². The van der Waals surface area contributed by atoms with Crippen LogP contribution in [0.25, 0.3) is 0 Å². The molecule has 0 heterocycles. The van der Waals surface area contributed by atoms with E-state index in [1.54, 1.807) is 24.3 Å². The standard InChI is InChI=1S/C24H27N3O4/c1-15(16-9-11-19(12-10-16)26-23(29)17-5-6-17)25-22(28)14-31-21-4-2-3-20(13-21)27-24(30)18-7-8-18/h2-4,9-13,15,17-18H,5-8,14H2,1H3,(H,25,28)(H,26,29)(H,27,30). The fourth-order valence-electron chi connectivity index (χ4n) is 3.21. The Hall–Kier alpha value is -3.35. The second-order valence-electron chi connectivity index (χ2n) is 8.25. The highest BCUT2D eigenvalue weighted by molar-refractivity contribution is 5.94. The van der Waals surface area contributed by atoms with Gasteiger partial charge in [0.05, 0.1) is 6.04 Å². The van der Waals surface area contributed by atoms with E-state index in [-0.39, 0.29) is 42.2 Å². The first-order valence-corrected chi connectivity index (χ1v) is 10.7. The molecule has 7 nitrogen and oxygen atoms in total. The summed E-state index contributed by atoms with van der Waals surface area (Å²) in [4.78, 5) is 36.0. The van der Waals surface area contributed by atoms with E-state index < -0.39 is 0 Å². The van der Waals surface area contributed by atoms with Crippen LogP contribution >= 0.6 is 0 Å². The van der Waals surface area contributed by atoms with Crippen molar-refractivity contribution in [2.75, 3.05) is 17.2 Å². The number of rotatable bonds is 9. The average molecular weight is 421 g/mol. The zero-order valence-corrected chi connectivity index (χ0v) is 17.5. The van der Waals surface area contributed by atoms with E-state index in [0.717, 1.165) is 36.9 Å². The molecule has 3 N–H and O–H groups in total.